The highest BCUT2D eigenvalue weighted by molar-refractivity contribution is 7.48. The number of ether oxygens (including phenoxy) is 5. The normalized spacial score (nSPS) is 24.6. The SMILES string of the molecule is CC(=O)OC1C(CF)(COP(=O)(OCOC(=O)C(C)C)OCOC(O)C(C)C)OC(n2ccc(=O)n(COC(=O)C(N)C(C)C)c2=O)C1(C)O. The minimum atomic E-state index is -4.91. The molecule has 7 unspecified atom stereocenters. The van der Waals surface area contributed by atoms with E-state index in [1.54, 1.807) is 27.7 Å². The number of aliphatic hydroxyl groups is 2. The van der Waals surface area contributed by atoms with Gasteiger partial charge in [0.15, 0.2) is 37.7 Å². The monoisotopic (exact) mass is 743 g/mol. The first-order chi connectivity index (χ1) is 23.1. The van der Waals surface area contributed by atoms with Gasteiger partial charge in [0.05, 0.1) is 12.5 Å². The first-order valence-electron chi connectivity index (χ1n) is 15.5. The van der Waals surface area contributed by atoms with Gasteiger partial charge in [-0.2, -0.15) is 0 Å². The van der Waals surface area contributed by atoms with Gasteiger partial charge in [-0.25, -0.2) is 22.8 Å². The Balaban J connectivity index is 2.49. The number of phosphoric acid groups is 1. The zero-order valence-corrected chi connectivity index (χ0v) is 30.0. The van der Waals surface area contributed by atoms with Gasteiger partial charge in [-0.05, 0) is 12.8 Å². The number of hydrogen-bond donors (Lipinski definition) is 3. The van der Waals surface area contributed by atoms with Gasteiger partial charge in [-0.15, -0.1) is 0 Å². The van der Waals surface area contributed by atoms with Crippen molar-refractivity contribution in [1.82, 2.24) is 9.13 Å². The molecule has 1 aliphatic heterocycles. The summed E-state index contributed by atoms with van der Waals surface area (Å²) in [5, 5.41) is 21.6. The maximum atomic E-state index is 15.1. The van der Waals surface area contributed by atoms with Crippen LogP contribution >= 0.6 is 7.82 Å². The Hall–Kier alpha value is -3.07. The highest BCUT2D eigenvalue weighted by atomic mass is 31.2. The quantitative estimate of drug-likeness (QED) is 0.0762. The average Bonchev–Trinajstić information content (AvgIpc) is 3.24. The largest absolute Gasteiger partial charge is 0.479 e. The molecule has 21 heteroatoms. The van der Waals surface area contributed by atoms with E-state index in [1.807, 2.05) is 0 Å². The van der Waals surface area contributed by atoms with Crippen molar-refractivity contribution in [2.24, 2.45) is 23.5 Å². The van der Waals surface area contributed by atoms with E-state index in [1.165, 1.54) is 13.8 Å². The molecule has 0 spiro atoms. The zero-order valence-electron chi connectivity index (χ0n) is 29.1. The summed E-state index contributed by atoms with van der Waals surface area (Å²) in [4.78, 5) is 62.4. The molecule has 2 rings (SSSR count). The van der Waals surface area contributed by atoms with Crippen molar-refractivity contribution in [2.75, 3.05) is 26.9 Å². The van der Waals surface area contributed by atoms with E-state index < -0.39 is 118 Å². The molecule has 1 saturated heterocycles. The van der Waals surface area contributed by atoms with E-state index in [4.69, 9.17) is 43.0 Å². The number of carbonyl (C=O) groups excluding carboxylic acids is 3. The van der Waals surface area contributed by atoms with Crippen LogP contribution in [0.5, 0.6) is 0 Å². The lowest BCUT2D eigenvalue weighted by atomic mass is 9.88. The number of aliphatic hydroxyl groups excluding tert-OH is 1. The second-order valence-electron chi connectivity index (χ2n) is 12.7. The molecule has 1 fully saturated rings. The number of phosphoric ester groups is 1. The van der Waals surface area contributed by atoms with Gasteiger partial charge in [0.1, 0.15) is 18.3 Å². The third kappa shape index (κ3) is 10.7. The van der Waals surface area contributed by atoms with E-state index >= 15 is 4.39 Å². The van der Waals surface area contributed by atoms with Gasteiger partial charge >= 0.3 is 31.4 Å². The lowest BCUT2D eigenvalue weighted by molar-refractivity contribution is -0.180. The molecule has 4 N–H and O–H groups in total. The molecular weight excluding hydrogens is 696 g/mol. The van der Waals surface area contributed by atoms with Crippen molar-refractivity contribution in [3.8, 4) is 0 Å². The van der Waals surface area contributed by atoms with Crippen molar-refractivity contribution in [3.05, 3.63) is 33.1 Å². The predicted molar refractivity (Wildman–Crippen MR) is 167 cm³/mol. The van der Waals surface area contributed by atoms with E-state index in [0.29, 0.717) is 9.13 Å². The molecule has 1 aromatic rings. The standard InChI is InChI=1S/C29H47FN3O16P/c1-16(2)21(31)24(38)42-13-33-20(35)9-10-32(27(33)39)26-28(8,40)25(48-19(7)34)29(11-30,49-26)12-45-50(41,46-14-43-22(36)17(3)4)47-15-44-23(37)18(5)6/h9-10,16-18,21-22,25-26,36,40H,11-15,31H2,1-8H3. The Kier molecular flexibility index (Phi) is 15.4. The van der Waals surface area contributed by atoms with E-state index in [9.17, 15) is 38.8 Å². The van der Waals surface area contributed by atoms with E-state index in [2.05, 4.69) is 0 Å². The van der Waals surface area contributed by atoms with Crippen molar-refractivity contribution in [3.63, 3.8) is 0 Å². The fraction of sp³-hybridized carbons (Fsp3) is 0.759. The lowest BCUT2D eigenvalue weighted by Crippen LogP contribution is -2.55. The number of nitrogens with two attached hydrogens (primary N) is 1. The summed E-state index contributed by atoms with van der Waals surface area (Å²) in [5.41, 5.74) is -1.36. The van der Waals surface area contributed by atoms with Crippen LogP contribution in [-0.4, -0.2) is 93.8 Å². The number of alkyl halides is 1. The van der Waals surface area contributed by atoms with Gasteiger partial charge < -0.3 is 39.6 Å². The Bertz CT molecular complexity index is 1500. The van der Waals surface area contributed by atoms with Crippen LogP contribution in [0, 0.1) is 17.8 Å². The molecule has 50 heavy (non-hydrogen) atoms. The Labute approximate surface area is 287 Å². The van der Waals surface area contributed by atoms with Crippen LogP contribution in [0.2, 0.25) is 0 Å². The second-order valence-corrected chi connectivity index (χ2v) is 14.3. The zero-order chi connectivity index (χ0) is 38.2. The molecule has 0 bridgehead atoms. The Morgan fingerprint density at radius 3 is 2.20 bits per heavy atom. The molecule has 2 heterocycles. The third-order valence-electron chi connectivity index (χ3n) is 7.41. The smallest absolute Gasteiger partial charge is 0.456 e. The van der Waals surface area contributed by atoms with Crippen molar-refractivity contribution >= 4 is 25.7 Å². The first-order valence-corrected chi connectivity index (χ1v) is 17.0. The van der Waals surface area contributed by atoms with Crippen LogP contribution in [0.4, 0.5) is 4.39 Å². The molecule has 0 aliphatic carbocycles. The van der Waals surface area contributed by atoms with Gasteiger partial charge in [0.25, 0.3) is 5.56 Å². The molecule has 0 saturated carbocycles. The fourth-order valence-corrected chi connectivity index (χ4v) is 5.32. The topological polar surface area (TPSA) is 253 Å². The number of carbonyl (C=O) groups is 3. The minimum absolute atomic E-state index is 0.330. The highest BCUT2D eigenvalue weighted by Crippen LogP contribution is 2.53. The number of hydrogen-bond acceptors (Lipinski definition) is 17. The summed E-state index contributed by atoms with van der Waals surface area (Å²) >= 11 is 0. The number of esters is 3. The number of rotatable bonds is 19. The molecular formula is C29H47FN3O16P. The maximum absolute atomic E-state index is 15.1. The lowest BCUT2D eigenvalue weighted by Gasteiger charge is -2.34. The summed E-state index contributed by atoms with van der Waals surface area (Å²) in [7, 11) is -4.91. The van der Waals surface area contributed by atoms with Crippen LogP contribution in [0.25, 0.3) is 0 Å². The Morgan fingerprint density at radius 2 is 1.66 bits per heavy atom. The highest BCUT2D eigenvalue weighted by Gasteiger charge is 2.65. The van der Waals surface area contributed by atoms with Crippen molar-refractivity contribution in [1.29, 1.82) is 0 Å². The maximum Gasteiger partial charge on any atom is 0.479 e. The van der Waals surface area contributed by atoms with E-state index in [-0.39, 0.29) is 5.92 Å². The van der Waals surface area contributed by atoms with Crippen LogP contribution in [0.1, 0.15) is 61.6 Å². The molecule has 0 amide bonds. The van der Waals surface area contributed by atoms with Crippen molar-refractivity contribution < 1.29 is 70.8 Å². The van der Waals surface area contributed by atoms with E-state index in [0.717, 1.165) is 26.1 Å². The van der Waals surface area contributed by atoms with Crippen LogP contribution < -0.4 is 17.0 Å². The molecule has 0 radical (unpaired) electrons. The van der Waals surface area contributed by atoms with Crippen LogP contribution in [0.3, 0.4) is 0 Å². The summed E-state index contributed by atoms with van der Waals surface area (Å²) in [6, 6.07) is -0.202. The Morgan fingerprint density at radius 1 is 1.04 bits per heavy atom. The number of halogens is 1. The predicted octanol–water partition coefficient (Wildman–Crippen LogP) is 0.677. The molecule has 19 nitrogen and oxygen atoms in total. The van der Waals surface area contributed by atoms with Crippen molar-refractivity contribution in [2.45, 2.75) is 98.0 Å². The summed E-state index contributed by atoms with van der Waals surface area (Å²) in [6.07, 6.45) is -4.38. The number of nitrogens with zero attached hydrogens (tertiary/aromatic N) is 2. The van der Waals surface area contributed by atoms with Gasteiger partial charge in [0, 0.05) is 25.1 Å². The van der Waals surface area contributed by atoms with Gasteiger partial charge in [-0.3, -0.25) is 32.8 Å². The summed E-state index contributed by atoms with van der Waals surface area (Å²) in [5.74, 6) is -4.04. The summed E-state index contributed by atoms with van der Waals surface area (Å²) in [6.45, 7) is 6.00. The second kappa shape index (κ2) is 17.9. The first kappa shape index (κ1) is 43.1. The molecule has 286 valence electrons. The summed E-state index contributed by atoms with van der Waals surface area (Å²) < 4.78 is 71.4. The fourth-order valence-electron chi connectivity index (χ4n) is 4.34. The molecule has 1 aromatic heterocycles. The molecule has 1 aliphatic rings. The number of aromatic nitrogens is 2. The van der Waals surface area contributed by atoms with Gasteiger partial charge in [-0.1, -0.05) is 41.5 Å². The van der Waals surface area contributed by atoms with Gasteiger partial charge in [0.2, 0.25) is 6.79 Å². The average molecular weight is 744 g/mol. The third-order valence-corrected chi connectivity index (χ3v) is 8.70. The van der Waals surface area contributed by atoms with Crippen LogP contribution in [-0.2, 0) is 62.9 Å². The van der Waals surface area contributed by atoms with Crippen LogP contribution in [0.15, 0.2) is 21.9 Å². The molecule has 0 aromatic carbocycles. The minimum Gasteiger partial charge on any atom is -0.456 e. The molecule has 7 atom stereocenters.